The van der Waals surface area contributed by atoms with E-state index in [1.165, 1.54) is 0 Å². The number of benzene rings is 1. The van der Waals surface area contributed by atoms with E-state index < -0.39 is 0 Å². The van der Waals surface area contributed by atoms with Crippen LogP contribution in [0.2, 0.25) is 5.02 Å². The van der Waals surface area contributed by atoms with Gasteiger partial charge in [-0.3, -0.25) is 0 Å². The molecule has 0 atom stereocenters. The zero-order valence-electron chi connectivity index (χ0n) is 12.2. The molecule has 2 rings (SSSR count). The van der Waals surface area contributed by atoms with Gasteiger partial charge in [0.1, 0.15) is 5.82 Å². The zero-order chi connectivity index (χ0) is 14.8. The van der Waals surface area contributed by atoms with E-state index in [9.17, 15) is 0 Å². The quantitative estimate of drug-likeness (QED) is 0.880. The van der Waals surface area contributed by atoms with Crippen LogP contribution in [0.15, 0.2) is 30.5 Å². The summed E-state index contributed by atoms with van der Waals surface area (Å²) in [6, 6.07) is 7.56. The van der Waals surface area contributed by atoms with Crippen LogP contribution in [0.1, 0.15) is 26.3 Å². The van der Waals surface area contributed by atoms with Gasteiger partial charge in [-0.1, -0.05) is 17.7 Å². The molecule has 1 aromatic carbocycles. The van der Waals surface area contributed by atoms with Gasteiger partial charge in [0.25, 0.3) is 0 Å². The van der Waals surface area contributed by atoms with E-state index in [4.69, 9.17) is 11.6 Å². The van der Waals surface area contributed by atoms with Crippen LogP contribution in [0.4, 0.5) is 17.5 Å². The number of nitrogens with one attached hydrogen (secondary N) is 2. The summed E-state index contributed by atoms with van der Waals surface area (Å²) < 4.78 is 0. The Kier molecular flexibility index (Phi) is 4.14. The monoisotopic (exact) mass is 290 g/mol. The highest BCUT2D eigenvalue weighted by Gasteiger charge is 2.11. The Balaban J connectivity index is 2.22. The molecule has 2 N–H and O–H groups in total. The second kappa shape index (κ2) is 5.67. The molecular formula is C15H19ClN4. The van der Waals surface area contributed by atoms with Crippen molar-refractivity contribution >= 4 is 29.1 Å². The molecule has 5 heteroatoms. The van der Waals surface area contributed by atoms with Crippen molar-refractivity contribution in [2.45, 2.75) is 33.2 Å². The lowest BCUT2D eigenvalue weighted by Gasteiger charge is -2.21. The average Bonchev–Trinajstić information content (AvgIpc) is 2.33. The summed E-state index contributed by atoms with van der Waals surface area (Å²) in [5, 5.41) is 7.23. The number of halogens is 1. The maximum Gasteiger partial charge on any atom is 0.229 e. The first-order valence-electron chi connectivity index (χ1n) is 6.48. The van der Waals surface area contributed by atoms with Gasteiger partial charge in [-0.05, 0) is 51.5 Å². The fourth-order valence-electron chi connectivity index (χ4n) is 1.74. The first kappa shape index (κ1) is 14.6. The molecule has 1 aromatic heterocycles. The Morgan fingerprint density at radius 2 is 1.90 bits per heavy atom. The molecule has 0 aliphatic carbocycles. The number of nitrogens with zero attached hydrogens (tertiary/aromatic N) is 2. The van der Waals surface area contributed by atoms with Gasteiger partial charge in [0.15, 0.2) is 0 Å². The van der Waals surface area contributed by atoms with Crippen LogP contribution in [-0.2, 0) is 0 Å². The lowest BCUT2D eigenvalue weighted by atomic mass is 10.1. The highest BCUT2D eigenvalue weighted by atomic mass is 35.5. The van der Waals surface area contributed by atoms with Crippen molar-refractivity contribution in [3.8, 4) is 0 Å². The van der Waals surface area contributed by atoms with E-state index in [0.29, 0.717) is 5.95 Å². The molecule has 106 valence electrons. The standard InChI is InChI=1S/C15H19ClN4/c1-10-11(16)6-5-7-12(10)18-14-17-9-8-13(19-14)20-15(2,3)4/h5-9H,1-4H3,(H2,17,18,19,20). The molecule has 0 aliphatic heterocycles. The minimum absolute atomic E-state index is 0.0441. The Morgan fingerprint density at radius 1 is 1.15 bits per heavy atom. The lowest BCUT2D eigenvalue weighted by molar-refractivity contribution is 0.630. The number of hydrogen-bond acceptors (Lipinski definition) is 4. The van der Waals surface area contributed by atoms with Gasteiger partial charge in [-0.15, -0.1) is 0 Å². The number of rotatable bonds is 3. The molecule has 0 amide bonds. The first-order chi connectivity index (χ1) is 9.35. The zero-order valence-corrected chi connectivity index (χ0v) is 12.9. The molecular weight excluding hydrogens is 272 g/mol. The summed E-state index contributed by atoms with van der Waals surface area (Å²) >= 11 is 6.11. The third kappa shape index (κ3) is 3.84. The normalized spacial score (nSPS) is 11.2. The van der Waals surface area contributed by atoms with E-state index in [2.05, 4.69) is 41.4 Å². The largest absolute Gasteiger partial charge is 0.365 e. The first-order valence-corrected chi connectivity index (χ1v) is 6.86. The Bertz CT molecular complexity index is 605. The minimum Gasteiger partial charge on any atom is -0.365 e. The van der Waals surface area contributed by atoms with Gasteiger partial charge in [0, 0.05) is 22.4 Å². The Hall–Kier alpha value is -1.81. The highest BCUT2D eigenvalue weighted by molar-refractivity contribution is 6.31. The lowest BCUT2D eigenvalue weighted by Crippen LogP contribution is -2.26. The van der Waals surface area contributed by atoms with Crippen molar-refractivity contribution in [1.82, 2.24) is 9.97 Å². The van der Waals surface area contributed by atoms with Crippen LogP contribution in [0.3, 0.4) is 0 Å². The maximum absolute atomic E-state index is 6.11. The molecule has 0 aliphatic rings. The van der Waals surface area contributed by atoms with Crippen molar-refractivity contribution in [3.63, 3.8) is 0 Å². The topological polar surface area (TPSA) is 49.8 Å². The fourth-order valence-corrected chi connectivity index (χ4v) is 1.91. The molecule has 0 saturated carbocycles. The SMILES string of the molecule is Cc1c(Cl)cccc1Nc1nccc(NC(C)(C)C)n1. The molecule has 1 heterocycles. The summed E-state index contributed by atoms with van der Waals surface area (Å²) in [6.45, 7) is 8.22. The van der Waals surface area contributed by atoms with Crippen LogP contribution >= 0.6 is 11.6 Å². The Morgan fingerprint density at radius 3 is 2.60 bits per heavy atom. The summed E-state index contributed by atoms with van der Waals surface area (Å²) in [5.74, 6) is 1.33. The third-order valence-corrected chi connectivity index (χ3v) is 3.08. The predicted octanol–water partition coefficient (Wildman–Crippen LogP) is 4.39. The van der Waals surface area contributed by atoms with E-state index in [1.54, 1.807) is 6.20 Å². The molecule has 4 nitrogen and oxygen atoms in total. The number of aromatic nitrogens is 2. The summed E-state index contributed by atoms with van der Waals surface area (Å²) in [7, 11) is 0. The van der Waals surface area contributed by atoms with Gasteiger partial charge in [0.05, 0.1) is 0 Å². The van der Waals surface area contributed by atoms with E-state index in [0.717, 1.165) is 22.1 Å². The Labute approximate surface area is 124 Å². The van der Waals surface area contributed by atoms with Gasteiger partial charge >= 0.3 is 0 Å². The molecule has 0 radical (unpaired) electrons. The second-order valence-corrected chi connectivity index (χ2v) is 6.09. The molecule has 0 fully saturated rings. The van der Waals surface area contributed by atoms with Crippen LogP contribution in [-0.4, -0.2) is 15.5 Å². The van der Waals surface area contributed by atoms with Crippen LogP contribution in [0.5, 0.6) is 0 Å². The molecule has 0 bridgehead atoms. The van der Waals surface area contributed by atoms with Crippen LogP contribution < -0.4 is 10.6 Å². The maximum atomic E-state index is 6.11. The molecule has 0 unspecified atom stereocenters. The third-order valence-electron chi connectivity index (χ3n) is 2.67. The highest BCUT2D eigenvalue weighted by Crippen LogP contribution is 2.25. The molecule has 2 aromatic rings. The van der Waals surface area contributed by atoms with Crippen LogP contribution in [0, 0.1) is 6.92 Å². The van der Waals surface area contributed by atoms with Crippen molar-refractivity contribution < 1.29 is 0 Å². The minimum atomic E-state index is -0.0441. The van der Waals surface area contributed by atoms with Gasteiger partial charge in [0.2, 0.25) is 5.95 Å². The van der Waals surface area contributed by atoms with Crippen molar-refractivity contribution in [2.75, 3.05) is 10.6 Å². The van der Waals surface area contributed by atoms with Crippen molar-refractivity contribution in [2.24, 2.45) is 0 Å². The summed E-state index contributed by atoms with van der Waals surface area (Å²) in [5.41, 5.74) is 1.84. The number of anilines is 3. The summed E-state index contributed by atoms with van der Waals surface area (Å²) in [4.78, 5) is 8.68. The van der Waals surface area contributed by atoms with E-state index >= 15 is 0 Å². The summed E-state index contributed by atoms with van der Waals surface area (Å²) in [6.07, 6.45) is 1.73. The second-order valence-electron chi connectivity index (χ2n) is 5.68. The van der Waals surface area contributed by atoms with E-state index in [-0.39, 0.29) is 5.54 Å². The molecule has 20 heavy (non-hydrogen) atoms. The molecule has 0 spiro atoms. The van der Waals surface area contributed by atoms with E-state index in [1.807, 2.05) is 31.2 Å². The van der Waals surface area contributed by atoms with Crippen molar-refractivity contribution in [3.05, 3.63) is 41.0 Å². The van der Waals surface area contributed by atoms with Gasteiger partial charge in [-0.2, -0.15) is 4.98 Å². The molecule has 0 saturated heterocycles. The van der Waals surface area contributed by atoms with Crippen molar-refractivity contribution in [1.29, 1.82) is 0 Å². The van der Waals surface area contributed by atoms with Gasteiger partial charge in [-0.25, -0.2) is 4.98 Å². The van der Waals surface area contributed by atoms with Gasteiger partial charge < -0.3 is 10.6 Å². The predicted molar refractivity (Wildman–Crippen MR) is 84.9 cm³/mol. The smallest absolute Gasteiger partial charge is 0.229 e. The number of hydrogen-bond donors (Lipinski definition) is 2. The fraction of sp³-hybridized carbons (Fsp3) is 0.333. The average molecular weight is 291 g/mol. The van der Waals surface area contributed by atoms with Crippen LogP contribution in [0.25, 0.3) is 0 Å².